The summed E-state index contributed by atoms with van der Waals surface area (Å²) in [7, 11) is -3.62. The molecule has 0 aliphatic carbocycles. The number of anilines is 1. The summed E-state index contributed by atoms with van der Waals surface area (Å²) in [6.07, 6.45) is 3.46. The van der Waals surface area contributed by atoms with Crippen molar-refractivity contribution in [3.8, 4) is 10.6 Å². The zero-order chi connectivity index (χ0) is 18.9. The van der Waals surface area contributed by atoms with Crippen molar-refractivity contribution >= 4 is 44.3 Å². The van der Waals surface area contributed by atoms with Crippen LogP contribution in [0.25, 0.3) is 10.6 Å². The first-order chi connectivity index (χ1) is 13.1. The molecule has 4 rings (SSSR count). The molecule has 140 valence electrons. The lowest BCUT2D eigenvalue weighted by Crippen LogP contribution is -2.29. The Hall–Kier alpha value is -2.07. The number of thiazole rings is 1. The zero-order valence-electron chi connectivity index (χ0n) is 14.3. The lowest BCUT2D eigenvalue weighted by molar-refractivity contribution is 0.102. The van der Waals surface area contributed by atoms with Gasteiger partial charge in [-0.25, -0.2) is 13.4 Å². The van der Waals surface area contributed by atoms with Crippen molar-refractivity contribution in [2.45, 2.75) is 17.7 Å². The Morgan fingerprint density at radius 3 is 2.44 bits per heavy atom. The van der Waals surface area contributed by atoms with Gasteiger partial charge in [0.15, 0.2) is 0 Å². The molecule has 1 saturated heterocycles. The topological polar surface area (TPSA) is 79.4 Å². The minimum absolute atomic E-state index is 0.0892. The van der Waals surface area contributed by atoms with Gasteiger partial charge >= 0.3 is 0 Å². The highest BCUT2D eigenvalue weighted by Crippen LogP contribution is 2.29. The number of thiophene rings is 1. The largest absolute Gasteiger partial charge is 0.321 e. The van der Waals surface area contributed by atoms with Crippen LogP contribution in [0, 0.1) is 0 Å². The molecule has 6 nitrogen and oxygen atoms in total. The fraction of sp³-hybridized carbons (Fsp3) is 0.222. The quantitative estimate of drug-likeness (QED) is 0.680. The number of amides is 1. The van der Waals surface area contributed by atoms with Crippen LogP contribution >= 0.6 is 22.7 Å². The number of rotatable bonds is 5. The van der Waals surface area contributed by atoms with Crippen molar-refractivity contribution in [2.24, 2.45) is 0 Å². The Bertz CT molecular complexity index is 1040. The number of carbonyl (C=O) groups excluding carboxylic acids is 1. The summed E-state index contributed by atoms with van der Waals surface area (Å²) in [4.78, 5) is 17.2. The van der Waals surface area contributed by atoms with Crippen LogP contribution in [0.5, 0.6) is 0 Å². The molecule has 0 atom stereocenters. The van der Waals surface area contributed by atoms with Gasteiger partial charge in [0, 0.05) is 35.9 Å². The smallest absolute Gasteiger partial charge is 0.267 e. The van der Waals surface area contributed by atoms with Gasteiger partial charge in [-0.2, -0.15) is 4.31 Å². The van der Waals surface area contributed by atoms with Gasteiger partial charge in [-0.05, 0) is 48.6 Å². The van der Waals surface area contributed by atoms with Crippen LogP contribution in [0.3, 0.4) is 0 Å². The Balaban J connectivity index is 1.53. The van der Waals surface area contributed by atoms with Gasteiger partial charge in [0.2, 0.25) is 10.0 Å². The molecule has 0 radical (unpaired) electrons. The predicted octanol–water partition coefficient (Wildman–Crippen LogP) is 3.91. The van der Waals surface area contributed by atoms with E-state index in [1.807, 2.05) is 17.5 Å². The van der Waals surface area contributed by atoms with Crippen molar-refractivity contribution < 1.29 is 13.2 Å². The molecular weight excluding hydrogens is 402 g/mol. The summed E-state index contributed by atoms with van der Waals surface area (Å²) in [5, 5.41) is 7.25. The minimum atomic E-state index is -3.62. The third-order valence-corrected chi connectivity index (χ3v) is 8.15. The number of nitrogens with zero attached hydrogens (tertiary/aromatic N) is 2. The number of sulfonamides is 1. The molecule has 9 heteroatoms. The van der Waals surface area contributed by atoms with E-state index in [1.54, 1.807) is 35.0 Å². The maximum Gasteiger partial charge on any atom is 0.267 e. The van der Waals surface area contributed by atoms with E-state index in [4.69, 9.17) is 0 Å². The third kappa shape index (κ3) is 3.68. The van der Waals surface area contributed by atoms with Crippen LogP contribution in [0.15, 0.2) is 52.2 Å². The first-order valence-electron chi connectivity index (χ1n) is 8.44. The predicted molar refractivity (Wildman–Crippen MR) is 108 cm³/mol. The lowest BCUT2D eigenvalue weighted by atomic mass is 10.2. The maximum absolute atomic E-state index is 12.8. The van der Waals surface area contributed by atoms with Crippen molar-refractivity contribution in [3.63, 3.8) is 0 Å². The molecule has 1 fully saturated rings. The van der Waals surface area contributed by atoms with Crippen molar-refractivity contribution in [2.75, 3.05) is 18.4 Å². The van der Waals surface area contributed by atoms with Gasteiger partial charge in [0.25, 0.3) is 5.91 Å². The van der Waals surface area contributed by atoms with E-state index in [9.17, 15) is 13.2 Å². The van der Waals surface area contributed by atoms with E-state index in [2.05, 4.69) is 10.3 Å². The van der Waals surface area contributed by atoms with Crippen LogP contribution in [-0.4, -0.2) is 36.7 Å². The van der Waals surface area contributed by atoms with Crippen molar-refractivity contribution in [1.82, 2.24) is 9.29 Å². The molecule has 0 saturated carbocycles. The number of hydrogen-bond acceptors (Lipinski definition) is 6. The van der Waals surface area contributed by atoms with E-state index in [0.29, 0.717) is 18.8 Å². The molecule has 0 bridgehead atoms. The lowest BCUT2D eigenvalue weighted by Gasteiger charge is -2.15. The van der Waals surface area contributed by atoms with Gasteiger partial charge in [-0.3, -0.25) is 4.79 Å². The number of hydrogen-bond donors (Lipinski definition) is 1. The Morgan fingerprint density at radius 1 is 1.04 bits per heavy atom. The molecule has 2 aromatic heterocycles. The second-order valence-electron chi connectivity index (χ2n) is 6.09. The molecule has 27 heavy (non-hydrogen) atoms. The first kappa shape index (κ1) is 18.3. The Labute approximate surface area is 165 Å². The van der Waals surface area contributed by atoms with Crippen LogP contribution < -0.4 is 5.32 Å². The fourth-order valence-corrected chi connectivity index (χ4v) is 6.44. The van der Waals surface area contributed by atoms with E-state index in [-0.39, 0.29) is 9.77 Å². The molecule has 1 aliphatic heterocycles. The third-order valence-electron chi connectivity index (χ3n) is 4.34. The zero-order valence-corrected chi connectivity index (χ0v) is 16.7. The Kier molecular flexibility index (Phi) is 5.09. The van der Waals surface area contributed by atoms with Gasteiger partial charge in [0.1, 0.15) is 14.8 Å². The second kappa shape index (κ2) is 7.51. The second-order valence-corrected chi connectivity index (χ2v) is 9.81. The summed E-state index contributed by atoms with van der Waals surface area (Å²) in [5.74, 6) is -0.412. The molecule has 1 amide bonds. The number of benzene rings is 1. The summed E-state index contributed by atoms with van der Waals surface area (Å²) >= 11 is 2.68. The molecule has 0 spiro atoms. The number of nitrogens with one attached hydrogen (secondary N) is 1. The Morgan fingerprint density at radius 2 is 1.78 bits per heavy atom. The first-order valence-corrected chi connectivity index (χ1v) is 11.6. The van der Waals surface area contributed by atoms with Crippen LogP contribution in [0.2, 0.25) is 0 Å². The summed E-state index contributed by atoms with van der Waals surface area (Å²) in [6, 6.07) is 8.85. The van der Waals surface area contributed by atoms with Crippen molar-refractivity contribution in [3.05, 3.63) is 52.2 Å². The molecule has 3 aromatic rings. The minimum Gasteiger partial charge on any atom is -0.321 e. The van der Waals surface area contributed by atoms with Crippen LogP contribution in [-0.2, 0) is 10.0 Å². The van der Waals surface area contributed by atoms with Gasteiger partial charge in [-0.1, -0.05) is 0 Å². The summed E-state index contributed by atoms with van der Waals surface area (Å²) in [6.45, 7) is 1.02. The molecule has 1 aromatic carbocycles. The summed E-state index contributed by atoms with van der Waals surface area (Å²) < 4.78 is 27.0. The monoisotopic (exact) mass is 419 g/mol. The van der Waals surface area contributed by atoms with Gasteiger partial charge in [-0.15, -0.1) is 22.7 Å². The van der Waals surface area contributed by atoms with Gasteiger partial charge in [0.05, 0.1) is 0 Å². The van der Waals surface area contributed by atoms with E-state index >= 15 is 0 Å². The average Bonchev–Trinajstić information content (AvgIpc) is 3.44. The number of aromatic nitrogens is 1. The van der Waals surface area contributed by atoms with Crippen LogP contribution in [0.1, 0.15) is 22.5 Å². The molecule has 3 heterocycles. The summed E-state index contributed by atoms with van der Waals surface area (Å²) in [5.41, 5.74) is 1.58. The standard InChI is InChI=1S/C18H17N3O3S3/c22-17(20-14-5-3-13(4-6-14)18-19-8-12-26-18)16-15(7-11-25-16)27(23,24)21-9-1-2-10-21/h3-8,11-12H,1-2,9-10H2,(H,20,22). The van der Waals surface area contributed by atoms with E-state index in [1.165, 1.54) is 10.4 Å². The average molecular weight is 420 g/mol. The molecular formula is C18H17N3O3S3. The van der Waals surface area contributed by atoms with Crippen molar-refractivity contribution in [1.29, 1.82) is 0 Å². The highest BCUT2D eigenvalue weighted by Gasteiger charge is 2.31. The van der Waals surface area contributed by atoms with Crippen LogP contribution in [0.4, 0.5) is 5.69 Å². The SMILES string of the molecule is O=C(Nc1ccc(-c2nccs2)cc1)c1sccc1S(=O)(=O)N1CCCC1. The molecule has 1 N–H and O–H groups in total. The number of carbonyl (C=O) groups is 1. The normalized spacial score (nSPS) is 15.1. The van der Waals surface area contributed by atoms with E-state index in [0.717, 1.165) is 34.7 Å². The highest BCUT2D eigenvalue weighted by atomic mass is 32.2. The molecule has 1 aliphatic rings. The highest BCUT2D eigenvalue weighted by molar-refractivity contribution is 7.89. The maximum atomic E-state index is 12.8. The van der Waals surface area contributed by atoms with E-state index < -0.39 is 15.9 Å². The fourth-order valence-electron chi connectivity index (χ4n) is 2.98. The van der Waals surface area contributed by atoms with Gasteiger partial charge < -0.3 is 5.32 Å². The molecule has 0 unspecified atom stereocenters.